The summed E-state index contributed by atoms with van der Waals surface area (Å²) in [7, 11) is -0.984. The minimum absolute atomic E-state index is 0.402. The average Bonchev–Trinajstić information content (AvgIpc) is 2.92. The zero-order valence-corrected chi connectivity index (χ0v) is 14.8. The van der Waals surface area contributed by atoms with Crippen LogP contribution in [0.1, 0.15) is 40.2 Å². The Bertz CT molecular complexity index is 784. The zero-order valence-electron chi connectivity index (χ0n) is 13.9. The molecule has 122 valence electrons. The minimum Gasteiger partial charge on any atom is -0.398 e. The van der Waals surface area contributed by atoms with Gasteiger partial charge in [0, 0.05) is 0 Å². The summed E-state index contributed by atoms with van der Waals surface area (Å²) in [4.78, 5) is 4.21. The minimum atomic E-state index is -0.984. The van der Waals surface area contributed by atoms with Gasteiger partial charge in [0.15, 0.2) is 5.13 Å². The number of anilines is 1. The third-order valence-electron chi connectivity index (χ3n) is 4.66. The van der Waals surface area contributed by atoms with Gasteiger partial charge in [0.25, 0.3) is 0 Å². The van der Waals surface area contributed by atoms with Crippen molar-refractivity contribution in [3.05, 3.63) is 29.5 Å². The molecule has 1 aromatic carbocycles. The lowest BCUT2D eigenvalue weighted by molar-refractivity contribution is 0.00578. The molecule has 1 saturated heterocycles. The molecule has 0 atom stereocenters. The fraction of sp³-hybridized carbons (Fsp3) is 0.438. The van der Waals surface area contributed by atoms with Crippen molar-refractivity contribution in [2.24, 2.45) is 0 Å². The molecule has 2 aromatic rings. The fourth-order valence-corrected chi connectivity index (χ4v) is 3.21. The number of aromatic nitrogens is 1. The molecular weight excluding hydrogens is 314 g/mol. The van der Waals surface area contributed by atoms with Crippen molar-refractivity contribution < 1.29 is 13.7 Å². The van der Waals surface area contributed by atoms with Crippen LogP contribution in [-0.2, 0) is 9.31 Å². The molecule has 1 aliphatic rings. The summed E-state index contributed by atoms with van der Waals surface area (Å²) in [6, 6.07) is 5.57. The number of hydrogen-bond acceptors (Lipinski definition) is 5. The highest BCUT2D eigenvalue weighted by Gasteiger charge is 2.53. The highest BCUT2D eigenvalue weighted by Crippen LogP contribution is 2.40. The number of nitrogen functional groups attached to an aromatic ring is 1. The lowest BCUT2D eigenvalue weighted by atomic mass is 9.83. The predicted octanol–water partition coefficient (Wildman–Crippen LogP) is 4.21. The van der Waals surface area contributed by atoms with E-state index in [0.717, 1.165) is 15.8 Å². The lowest BCUT2D eigenvalue weighted by Crippen LogP contribution is -2.41. The molecule has 0 unspecified atom stereocenters. The van der Waals surface area contributed by atoms with Crippen LogP contribution in [0, 0.1) is 0 Å². The molecule has 0 amide bonds. The number of allylic oxidation sites excluding steroid dienone is 1. The standard InChI is InChI=1S/C16H20BFN2O2S/c1-9(10-6-7-11-12(8-10)23-14(19)20-11)13(18)17-21-15(2,3)16(4,5)22-17/h6-8H,1-5H3,(H2,19,20). The summed E-state index contributed by atoms with van der Waals surface area (Å²) in [5, 5.41) is 0.505. The van der Waals surface area contributed by atoms with Gasteiger partial charge in [-0.25, -0.2) is 9.37 Å². The second kappa shape index (κ2) is 5.29. The molecule has 23 heavy (non-hydrogen) atoms. The van der Waals surface area contributed by atoms with E-state index in [0.29, 0.717) is 10.7 Å². The van der Waals surface area contributed by atoms with Gasteiger partial charge in [-0.2, -0.15) is 0 Å². The number of thiazole rings is 1. The van der Waals surface area contributed by atoms with Crippen molar-refractivity contribution in [1.29, 1.82) is 0 Å². The summed E-state index contributed by atoms with van der Waals surface area (Å²) in [5.41, 5.74) is 6.28. The molecule has 1 aromatic heterocycles. The van der Waals surface area contributed by atoms with Crippen molar-refractivity contribution in [2.45, 2.75) is 45.8 Å². The van der Waals surface area contributed by atoms with Gasteiger partial charge in [0.1, 0.15) is 5.73 Å². The van der Waals surface area contributed by atoms with E-state index in [4.69, 9.17) is 15.0 Å². The molecule has 0 aliphatic carbocycles. The first-order valence-electron chi connectivity index (χ1n) is 7.49. The van der Waals surface area contributed by atoms with Crippen molar-refractivity contribution >= 4 is 39.4 Å². The largest absolute Gasteiger partial charge is 0.525 e. The maximum atomic E-state index is 14.9. The van der Waals surface area contributed by atoms with Crippen LogP contribution in [0.15, 0.2) is 23.9 Å². The molecule has 4 nitrogen and oxygen atoms in total. The maximum absolute atomic E-state index is 14.9. The van der Waals surface area contributed by atoms with E-state index in [1.54, 1.807) is 6.92 Å². The van der Waals surface area contributed by atoms with E-state index < -0.39 is 24.0 Å². The van der Waals surface area contributed by atoms with Crippen molar-refractivity contribution in [1.82, 2.24) is 4.98 Å². The summed E-state index contributed by atoms with van der Waals surface area (Å²) >= 11 is 1.39. The lowest BCUT2D eigenvalue weighted by Gasteiger charge is -2.32. The van der Waals surface area contributed by atoms with Gasteiger partial charge in [-0.3, -0.25) is 0 Å². The zero-order chi connectivity index (χ0) is 17.0. The van der Waals surface area contributed by atoms with Gasteiger partial charge in [-0.05, 0) is 57.9 Å². The Morgan fingerprint density at radius 2 is 1.83 bits per heavy atom. The van der Waals surface area contributed by atoms with Crippen LogP contribution in [-0.4, -0.2) is 23.3 Å². The number of nitrogens with two attached hydrogens (primary N) is 1. The predicted molar refractivity (Wildman–Crippen MR) is 93.8 cm³/mol. The highest BCUT2D eigenvalue weighted by molar-refractivity contribution is 7.22. The quantitative estimate of drug-likeness (QED) is 0.836. The van der Waals surface area contributed by atoms with Crippen molar-refractivity contribution in [3.63, 3.8) is 0 Å². The van der Waals surface area contributed by atoms with Gasteiger partial charge in [0.2, 0.25) is 0 Å². The summed E-state index contributed by atoms with van der Waals surface area (Å²) in [5.74, 6) is 0. The molecule has 2 N–H and O–H groups in total. The van der Waals surface area contributed by atoms with E-state index in [9.17, 15) is 4.39 Å². The van der Waals surface area contributed by atoms with Crippen LogP contribution >= 0.6 is 11.3 Å². The van der Waals surface area contributed by atoms with Crippen LogP contribution in [0.5, 0.6) is 0 Å². The third kappa shape index (κ3) is 2.77. The normalized spacial score (nSPS) is 20.9. The average molecular weight is 334 g/mol. The molecule has 0 bridgehead atoms. The summed E-state index contributed by atoms with van der Waals surface area (Å²) in [6.07, 6.45) is 0. The molecule has 2 heterocycles. The first kappa shape index (κ1) is 16.4. The van der Waals surface area contributed by atoms with E-state index in [1.165, 1.54) is 11.3 Å². The van der Waals surface area contributed by atoms with Crippen molar-refractivity contribution in [2.75, 3.05) is 5.73 Å². The number of halogens is 1. The molecule has 0 saturated carbocycles. The number of nitrogens with zero attached hydrogens (tertiary/aromatic N) is 1. The van der Waals surface area contributed by atoms with E-state index in [-0.39, 0.29) is 0 Å². The Morgan fingerprint density at radius 1 is 1.22 bits per heavy atom. The van der Waals surface area contributed by atoms with E-state index in [2.05, 4.69) is 4.98 Å². The van der Waals surface area contributed by atoms with Gasteiger partial charge in [-0.15, -0.1) is 0 Å². The Kier molecular flexibility index (Phi) is 3.78. The van der Waals surface area contributed by atoms with Crippen molar-refractivity contribution in [3.8, 4) is 0 Å². The van der Waals surface area contributed by atoms with E-state index >= 15 is 0 Å². The SMILES string of the molecule is CC(=C(F)B1OC(C)(C)C(C)(C)O1)c1ccc2nc(N)sc2c1. The van der Waals surface area contributed by atoms with Crippen LogP contribution in [0.25, 0.3) is 15.8 Å². The highest BCUT2D eigenvalue weighted by atomic mass is 32.1. The van der Waals surface area contributed by atoms with Gasteiger partial charge >= 0.3 is 7.12 Å². The van der Waals surface area contributed by atoms with Gasteiger partial charge in [-0.1, -0.05) is 17.4 Å². The summed E-state index contributed by atoms with van der Waals surface area (Å²) < 4.78 is 27.4. The Hall–Kier alpha value is -1.44. The molecule has 1 aliphatic heterocycles. The third-order valence-corrected chi connectivity index (χ3v) is 5.50. The Morgan fingerprint density at radius 3 is 2.43 bits per heavy atom. The fourth-order valence-electron chi connectivity index (χ4n) is 2.44. The van der Waals surface area contributed by atoms with Gasteiger partial charge in [0.05, 0.1) is 21.4 Å². The molecular formula is C16H20BFN2O2S. The van der Waals surface area contributed by atoms with Crippen LogP contribution in [0.4, 0.5) is 9.52 Å². The number of hydrogen-bond donors (Lipinski definition) is 1. The van der Waals surface area contributed by atoms with Crippen LogP contribution in [0.2, 0.25) is 0 Å². The number of fused-ring (bicyclic) bond motifs is 1. The molecule has 0 spiro atoms. The van der Waals surface area contributed by atoms with Crippen LogP contribution in [0.3, 0.4) is 0 Å². The molecule has 1 fully saturated rings. The van der Waals surface area contributed by atoms with Gasteiger partial charge < -0.3 is 15.0 Å². The Balaban J connectivity index is 1.96. The first-order chi connectivity index (χ1) is 10.6. The second-order valence-electron chi connectivity index (χ2n) is 6.80. The maximum Gasteiger partial charge on any atom is 0.525 e. The topological polar surface area (TPSA) is 57.4 Å². The number of benzene rings is 1. The number of rotatable bonds is 2. The molecule has 3 rings (SSSR count). The monoisotopic (exact) mass is 334 g/mol. The smallest absolute Gasteiger partial charge is 0.398 e. The molecule has 7 heteroatoms. The summed E-state index contributed by atoms with van der Waals surface area (Å²) in [6.45, 7) is 9.35. The van der Waals surface area contributed by atoms with E-state index in [1.807, 2.05) is 45.9 Å². The Labute approximate surface area is 139 Å². The van der Waals surface area contributed by atoms with Crippen LogP contribution < -0.4 is 5.73 Å². The first-order valence-corrected chi connectivity index (χ1v) is 8.31. The molecule has 0 radical (unpaired) electrons. The second-order valence-corrected chi connectivity index (χ2v) is 7.86.